The summed E-state index contributed by atoms with van der Waals surface area (Å²) in [5, 5.41) is 7.36. The third-order valence-electron chi connectivity index (χ3n) is 4.44. The summed E-state index contributed by atoms with van der Waals surface area (Å²) in [5.74, 6) is 1.30. The van der Waals surface area contributed by atoms with Crippen molar-refractivity contribution in [2.75, 3.05) is 45.7 Å². The number of furan rings is 1. The Morgan fingerprint density at radius 3 is 2.92 bits per heavy atom. The number of anilines is 1. The highest BCUT2D eigenvalue weighted by Crippen LogP contribution is 2.22. The Morgan fingerprint density at radius 1 is 1.42 bits per heavy atom. The van der Waals surface area contributed by atoms with Crippen molar-refractivity contribution < 1.29 is 13.9 Å². The van der Waals surface area contributed by atoms with E-state index in [0.717, 1.165) is 26.0 Å². The zero-order valence-electron chi connectivity index (χ0n) is 15.6. The average Bonchev–Trinajstić information content (AvgIpc) is 3.34. The molecular formula is C18H27N5O3. The molecule has 0 bridgehead atoms. The molecule has 3 heterocycles. The van der Waals surface area contributed by atoms with Gasteiger partial charge in [-0.05, 0) is 39.1 Å². The first-order valence-electron chi connectivity index (χ1n) is 8.93. The van der Waals surface area contributed by atoms with Crippen molar-refractivity contribution in [2.24, 2.45) is 7.05 Å². The largest absolute Gasteiger partial charge is 0.463 e. The molecule has 0 aliphatic carbocycles. The Labute approximate surface area is 153 Å². The smallest absolute Gasteiger partial charge is 0.323 e. The van der Waals surface area contributed by atoms with Crippen LogP contribution in [-0.2, 0) is 11.8 Å². The molecule has 1 N–H and O–H groups in total. The van der Waals surface area contributed by atoms with E-state index in [0.29, 0.717) is 30.4 Å². The summed E-state index contributed by atoms with van der Waals surface area (Å²) in [4.78, 5) is 16.7. The molecule has 26 heavy (non-hydrogen) atoms. The SMILES string of the molecule is CN(C)CCN(C[C@H]1CCCO1)C(=O)Nc1cc(-c2ccco2)nn1C. The van der Waals surface area contributed by atoms with Gasteiger partial charge in [-0.15, -0.1) is 0 Å². The highest BCUT2D eigenvalue weighted by Gasteiger charge is 2.23. The van der Waals surface area contributed by atoms with Gasteiger partial charge in [-0.25, -0.2) is 4.79 Å². The van der Waals surface area contributed by atoms with Crippen molar-refractivity contribution in [1.29, 1.82) is 0 Å². The first-order chi connectivity index (χ1) is 12.5. The molecule has 0 aromatic carbocycles. The van der Waals surface area contributed by atoms with Crippen LogP contribution in [0.3, 0.4) is 0 Å². The van der Waals surface area contributed by atoms with Gasteiger partial charge < -0.3 is 19.0 Å². The molecule has 2 aromatic rings. The van der Waals surface area contributed by atoms with Crippen LogP contribution in [0.15, 0.2) is 28.9 Å². The zero-order chi connectivity index (χ0) is 18.5. The van der Waals surface area contributed by atoms with E-state index in [4.69, 9.17) is 9.15 Å². The molecule has 1 atom stereocenters. The normalized spacial score (nSPS) is 17.0. The van der Waals surface area contributed by atoms with Crippen molar-refractivity contribution in [3.05, 3.63) is 24.5 Å². The number of nitrogens with zero attached hydrogens (tertiary/aromatic N) is 4. The van der Waals surface area contributed by atoms with Crippen molar-refractivity contribution in [2.45, 2.75) is 18.9 Å². The minimum atomic E-state index is -0.142. The summed E-state index contributed by atoms with van der Waals surface area (Å²) < 4.78 is 12.7. The number of urea groups is 1. The molecular weight excluding hydrogens is 334 g/mol. The number of ether oxygens (including phenoxy) is 1. The standard InChI is InChI=1S/C18H27N5O3/c1-21(2)8-9-23(13-14-6-4-10-25-14)18(24)19-17-12-15(20-22(17)3)16-7-5-11-26-16/h5,7,11-12,14H,4,6,8-10,13H2,1-3H3,(H,19,24)/t14-/m1/s1. The number of aromatic nitrogens is 2. The summed E-state index contributed by atoms with van der Waals surface area (Å²) in [5.41, 5.74) is 0.687. The number of amides is 2. The first kappa shape index (κ1) is 18.5. The quantitative estimate of drug-likeness (QED) is 0.819. The predicted octanol–water partition coefficient (Wildman–Crippen LogP) is 2.25. The summed E-state index contributed by atoms with van der Waals surface area (Å²) in [6.07, 6.45) is 3.78. The van der Waals surface area contributed by atoms with Gasteiger partial charge in [0, 0.05) is 39.4 Å². The van der Waals surface area contributed by atoms with E-state index in [2.05, 4.69) is 15.3 Å². The Balaban J connectivity index is 1.67. The third kappa shape index (κ3) is 4.64. The van der Waals surface area contributed by atoms with Gasteiger partial charge in [0.1, 0.15) is 11.5 Å². The molecule has 2 aromatic heterocycles. The molecule has 142 valence electrons. The van der Waals surface area contributed by atoms with Gasteiger partial charge in [0.25, 0.3) is 0 Å². The van der Waals surface area contributed by atoms with Crippen LogP contribution < -0.4 is 5.32 Å². The number of carbonyl (C=O) groups excluding carboxylic acids is 1. The van der Waals surface area contributed by atoms with Crippen LogP contribution in [0.4, 0.5) is 10.6 Å². The fraction of sp³-hybridized carbons (Fsp3) is 0.556. The number of rotatable bonds is 7. The van der Waals surface area contributed by atoms with Crippen LogP contribution in [0.25, 0.3) is 11.5 Å². The second-order valence-corrected chi connectivity index (χ2v) is 6.83. The van der Waals surface area contributed by atoms with Crippen LogP contribution in [0, 0.1) is 0 Å². The molecule has 1 saturated heterocycles. The third-order valence-corrected chi connectivity index (χ3v) is 4.44. The molecule has 0 radical (unpaired) electrons. The molecule has 0 unspecified atom stereocenters. The van der Waals surface area contributed by atoms with E-state index in [1.54, 1.807) is 18.0 Å². The molecule has 8 heteroatoms. The Bertz CT molecular complexity index is 704. The Hall–Kier alpha value is -2.32. The minimum absolute atomic E-state index is 0.119. The van der Waals surface area contributed by atoms with Crippen LogP contribution in [0.1, 0.15) is 12.8 Å². The maximum atomic E-state index is 12.8. The summed E-state index contributed by atoms with van der Waals surface area (Å²) in [6.45, 7) is 2.81. The van der Waals surface area contributed by atoms with Crippen LogP contribution in [-0.4, -0.2) is 72.1 Å². The summed E-state index contributed by atoms with van der Waals surface area (Å²) in [6, 6.07) is 5.32. The van der Waals surface area contributed by atoms with Gasteiger partial charge in [0.15, 0.2) is 5.76 Å². The summed E-state index contributed by atoms with van der Waals surface area (Å²) >= 11 is 0. The molecule has 0 spiro atoms. The lowest BCUT2D eigenvalue weighted by Gasteiger charge is -2.27. The van der Waals surface area contributed by atoms with Crippen molar-refractivity contribution >= 4 is 11.8 Å². The average molecular weight is 361 g/mol. The number of hydrogen-bond acceptors (Lipinski definition) is 5. The maximum Gasteiger partial charge on any atom is 0.323 e. The van der Waals surface area contributed by atoms with Crippen LogP contribution in [0.2, 0.25) is 0 Å². The van der Waals surface area contributed by atoms with Crippen molar-refractivity contribution in [3.8, 4) is 11.5 Å². The molecule has 0 saturated carbocycles. The van der Waals surface area contributed by atoms with E-state index in [1.165, 1.54) is 0 Å². The lowest BCUT2D eigenvalue weighted by atomic mass is 10.2. The molecule has 1 aliphatic rings. The number of likely N-dealkylation sites (N-methyl/N-ethyl adjacent to an activating group) is 1. The lowest BCUT2D eigenvalue weighted by molar-refractivity contribution is 0.0820. The topological polar surface area (TPSA) is 75.8 Å². The molecule has 1 aliphatic heterocycles. The first-order valence-corrected chi connectivity index (χ1v) is 8.93. The maximum absolute atomic E-state index is 12.8. The van der Waals surface area contributed by atoms with Gasteiger partial charge in [0.05, 0.1) is 12.4 Å². The highest BCUT2D eigenvalue weighted by molar-refractivity contribution is 5.89. The van der Waals surface area contributed by atoms with E-state index < -0.39 is 0 Å². The fourth-order valence-corrected chi connectivity index (χ4v) is 2.95. The monoisotopic (exact) mass is 361 g/mol. The van der Waals surface area contributed by atoms with Gasteiger partial charge >= 0.3 is 6.03 Å². The van der Waals surface area contributed by atoms with E-state index in [1.807, 2.05) is 37.2 Å². The van der Waals surface area contributed by atoms with Crippen LogP contribution in [0.5, 0.6) is 0 Å². The van der Waals surface area contributed by atoms with E-state index in [-0.39, 0.29) is 12.1 Å². The van der Waals surface area contributed by atoms with Gasteiger partial charge in [0.2, 0.25) is 0 Å². The van der Waals surface area contributed by atoms with E-state index in [9.17, 15) is 4.79 Å². The minimum Gasteiger partial charge on any atom is -0.463 e. The Kier molecular flexibility index (Phi) is 5.95. The number of aryl methyl sites for hydroxylation is 1. The number of nitrogens with one attached hydrogen (secondary N) is 1. The number of carbonyl (C=O) groups is 1. The fourth-order valence-electron chi connectivity index (χ4n) is 2.95. The second kappa shape index (κ2) is 8.37. The van der Waals surface area contributed by atoms with Gasteiger partial charge in [-0.2, -0.15) is 5.10 Å². The summed E-state index contributed by atoms with van der Waals surface area (Å²) in [7, 11) is 5.80. The molecule has 8 nitrogen and oxygen atoms in total. The lowest BCUT2D eigenvalue weighted by Crippen LogP contribution is -2.43. The van der Waals surface area contributed by atoms with Crippen molar-refractivity contribution in [1.82, 2.24) is 19.6 Å². The van der Waals surface area contributed by atoms with E-state index >= 15 is 0 Å². The van der Waals surface area contributed by atoms with Gasteiger partial charge in [-0.3, -0.25) is 10.00 Å². The Morgan fingerprint density at radius 2 is 2.27 bits per heavy atom. The van der Waals surface area contributed by atoms with Gasteiger partial charge in [-0.1, -0.05) is 0 Å². The van der Waals surface area contributed by atoms with Crippen molar-refractivity contribution in [3.63, 3.8) is 0 Å². The predicted molar refractivity (Wildman–Crippen MR) is 99.0 cm³/mol. The van der Waals surface area contributed by atoms with Crippen LogP contribution >= 0.6 is 0 Å². The highest BCUT2D eigenvalue weighted by atomic mass is 16.5. The second-order valence-electron chi connectivity index (χ2n) is 6.83. The molecule has 2 amide bonds. The molecule has 1 fully saturated rings. The molecule has 3 rings (SSSR count). The number of hydrogen-bond donors (Lipinski definition) is 1. The zero-order valence-corrected chi connectivity index (χ0v) is 15.6.